The Morgan fingerprint density at radius 1 is 0.731 bits per heavy atom. The number of rotatable bonds is 4. The van der Waals surface area contributed by atoms with Gasteiger partial charge in [-0.3, -0.25) is 10.1 Å². The molecule has 0 unspecified atom stereocenters. The van der Waals surface area contributed by atoms with Crippen molar-refractivity contribution in [1.29, 1.82) is 0 Å². The quantitative estimate of drug-likeness (QED) is 0.551. The molecule has 0 spiro atoms. The number of aromatic nitrogens is 1. The minimum absolute atomic E-state index is 0.237. The smallest absolute Gasteiger partial charge is 0.258 e. The van der Waals surface area contributed by atoms with Crippen molar-refractivity contribution in [3.05, 3.63) is 96.6 Å². The normalized spacial score (nSPS) is 10.5. The fraction of sp³-hybridized carbons (Fsp3) is 0. The standard InChI is InChI=1S/C22H16N2O2/c25-20(17-12-6-2-7-13-17)24-22-19(16-10-4-1-5-11-16)23-21(26-22)18-14-8-3-9-15-18/h1-15H,(H,24,25). The first-order valence-corrected chi connectivity index (χ1v) is 8.29. The van der Waals surface area contributed by atoms with Crippen molar-refractivity contribution < 1.29 is 9.21 Å². The summed E-state index contributed by atoms with van der Waals surface area (Å²) >= 11 is 0. The van der Waals surface area contributed by atoms with Gasteiger partial charge in [-0.25, -0.2) is 4.98 Å². The van der Waals surface area contributed by atoms with Crippen LogP contribution >= 0.6 is 0 Å². The third kappa shape index (κ3) is 3.26. The minimum atomic E-state index is -0.237. The number of hydrogen-bond donors (Lipinski definition) is 1. The number of benzene rings is 3. The molecule has 0 radical (unpaired) electrons. The van der Waals surface area contributed by atoms with E-state index in [2.05, 4.69) is 10.3 Å². The summed E-state index contributed by atoms with van der Waals surface area (Å²) in [6, 6.07) is 28.3. The van der Waals surface area contributed by atoms with Crippen LogP contribution in [-0.2, 0) is 0 Å². The van der Waals surface area contributed by atoms with Gasteiger partial charge in [0.15, 0.2) is 0 Å². The van der Waals surface area contributed by atoms with E-state index in [4.69, 9.17) is 4.42 Å². The molecule has 0 aliphatic heterocycles. The Kier molecular flexibility index (Phi) is 4.31. The van der Waals surface area contributed by atoms with Crippen LogP contribution in [0.5, 0.6) is 0 Å². The molecule has 126 valence electrons. The molecule has 4 rings (SSSR count). The molecular weight excluding hydrogens is 324 g/mol. The molecule has 0 saturated carbocycles. The van der Waals surface area contributed by atoms with Crippen molar-refractivity contribution in [2.24, 2.45) is 0 Å². The Balaban J connectivity index is 1.75. The van der Waals surface area contributed by atoms with Crippen LogP contribution in [-0.4, -0.2) is 10.9 Å². The Labute approximate surface area is 151 Å². The summed E-state index contributed by atoms with van der Waals surface area (Å²) in [6.45, 7) is 0. The predicted octanol–water partition coefficient (Wildman–Crippen LogP) is 5.26. The summed E-state index contributed by atoms with van der Waals surface area (Å²) < 4.78 is 5.90. The first-order chi connectivity index (χ1) is 12.8. The van der Waals surface area contributed by atoms with Crippen LogP contribution in [0.1, 0.15) is 10.4 Å². The molecule has 1 aromatic heterocycles. The van der Waals surface area contributed by atoms with Gasteiger partial charge in [-0.05, 0) is 24.3 Å². The van der Waals surface area contributed by atoms with E-state index < -0.39 is 0 Å². The SMILES string of the molecule is O=C(Nc1oc(-c2ccccc2)nc1-c1ccccc1)c1ccccc1. The van der Waals surface area contributed by atoms with Crippen molar-refractivity contribution in [1.82, 2.24) is 4.98 Å². The minimum Gasteiger partial charge on any atom is -0.420 e. The lowest BCUT2D eigenvalue weighted by molar-refractivity contribution is 0.102. The molecular formula is C22H16N2O2. The van der Waals surface area contributed by atoms with Crippen LogP contribution in [0, 0.1) is 0 Å². The first kappa shape index (κ1) is 15.8. The summed E-state index contributed by atoms with van der Waals surface area (Å²) in [7, 11) is 0. The monoisotopic (exact) mass is 340 g/mol. The first-order valence-electron chi connectivity index (χ1n) is 8.29. The van der Waals surface area contributed by atoms with E-state index in [-0.39, 0.29) is 5.91 Å². The zero-order chi connectivity index (χ0) is 17.8. The molecule has 0 fully saturated rings. The lowest BCUT2D eigenvalue weighted by Crippen LogP contribution is -2.11. The molecule has 4 heteroatoms. The third-order valence-electron chi connectivity index (χ3n) is 3.96. The average Bonchev–Trinajstić information content (AvgIpc) is 3.14. The van der Waals surface area contributed by atoms with Gasteiger partial charge in [-0.1, -0.05) is 66.7 Å². The lowest BCUT2D eigenvalue weighted by Gasteiger charge is -2.04. The van der Waals surface area contributed by atoms with Crippen molar-refractivity contribution >= 4 is 11.8 Å². The van der Waals surface area contributed by atoms with Crippen LogP contribution < -0.4 is 5.32 Å². The highest BCUT2D eigenvalue weighted by molar-refractivity contribution is 6.05. The van der Waals surface area contributed by atoms with E-state index >= 15 is 0 Å². The predicted molar refractivity (Wildman–Crippen MR) is 102 cm³/mol. The second-order valence-corrected chi connectivity index (χ2v) is 5.75. The Hall–Kier alpha value is -3.66. The molecule has 0 bridgehead atoms. The van der Waals surface area contributed by atoms with Gasteiger partial charge >= 0.3 is 0 Å². The van der Waals surface area contributed by atoms with Crippen molar-refractivity contribution in [3.8, 4) is 22.7 Å². The fourth-order valence-corrected chi connectivity index (χ4v) is 2.67. The Bertz CT molecular complexity index is 1010. The summed E-state index contributed by atoms with van der Waals surface area (Å²) in [5, 5.41) is 2.85. The molecule has 4 nitrogen and oxygen atoms in total. The molecule has 3 aromatic carbocycles. The molecule has 26 heavy (non-hydrogen) atoms. The molecule has 4 aromatic rings. The summed E-state index contributed by atoms with van der Waals surface area (Å²) in [6.07, 6.45) is 0. The molecule has 1 heterocycles. The van der Waals surface area contributed by atoms with Gasteiger partial charge in [0.05, 0.1) is 0 Å². The topological polar surface area (TPSA) is 55.1 Å². The fourth-order valence-electron chi connectivity index (χ4n) is 2.67. The molecule has 1 N–H and O–H groups in total. The molecule has 1 amide bonds. The maximum absolute atomic E-state index is 12.5. The van der Waals surface area contributed by atoms with Gasteiger partial charge in [-0.2, -0.15) is 0 Å². The highest BCUT2D eigenvalue weighted by atomic mass is 16.4. The Morgan fingerprint density at radius 3 is 1.88 bits per heavy atom. The van der Waals surface area contributed by atoms with E-state index in [1.54, 1.807) is 12.1 Å². The van der Waals surface area contributed by atoms with Gasteiger partial charge in [0.25, 0.3) is 5.91 Å². The van der Waals surface area contributed by atoms with Gasteiger partial charge in [0, 0.05) is 16.7 Å². The summed E-state index contributed by atoms with van der Waals surface area (Å²) in [5.41, 5.74) is 2.89. The van der Waals surface area contributed by atoms with Crippen molar-refractivity contribution in [3.63, 3.8) is 0 Å². The number of carbonyl (C=O) groups is 1. The van der Waals surface area contributed by atoms with Crippen LogP contribution in [0.15, 0.2) is 95.4 Å². The zero-order valence-electron chi connectivity index (χ0n) is 13.9. The van der Waals surface area contributed by atoms with Gasteiger partial charge in [-0.15, -0.1) is 0 Å². The van der Waals surface area contributed by atoms with E-state index in [1.165, 1.54) is 0 Å². The molecule has 0 atom stereocenters. The van der Waals surface area contributed by atoms with Gasteiger partial charge < -0.3 is 4.42 Å². The van der Waals surface area contributed by atoms with Gasteiger partial charge in [0.1, 0.15) is 5.69 Å². The second-order valence-electron chi connectivity index (χ2n) is 5.75. The summed E-state index contributed by atoms with van der Waals surface area (Å²) in [5.74, 6) is 0.565. The van der Waals surface area contributed by atoms with Crippen LogP contribution in [0.3, 0.4) is 0 Å². The largest absolute Gasteiger partial charge is 0.420 e. The van der Waals surface area contributed by atoms with E-state index in [0.717, 1.165) is 11.1 Å². The van der Waals surface area contributed by atoms with Crippen LogP contribution in [0.25, 0.3) is 22.7 Å². The Morgan fingerprint density at radius 2 is 1.27 bits per heavy atom. The number of nitrogens with one attached hydrogen (secondary N) is 1. The molecule has 0 saturated heterocycles. The van der Waals surface area contributed by atoms with E-state index in [0.29, 0.717) is 23.0 Å². The van der Waals surface area contributed by atoms with Crippen LogP contribution in [0.4, 0.5) is 5.88 Å². The zero-order valence-corrected chi connectivity index (χ0v) is 13.9. The molecule has 0 aliphatic rings. The third-order valence-corrected chi connectivity index (χ3v) is 3.96. The lowest BCUT2D eigenvalue weighted by atomic mass is 10.1. The average molecular weight is 340 g/mol. The highest BCUT2D eigenvalue weighted by Gasteiger charge is 2.18. The van der Waals surface area contributed by atoms with Gasteiger partial charge in [0.2, 0.25) is 11.8 Å². The van der Waals surface area contributed by atoms with Crippen molar-refractivity contribution in [2.45, 2.75) is 0 Å². The van der Waals surface area contributed by atoms with E-state index in [9.17, 15) is 4.79 Å². The second kappa shape index (κ2) is 7.07. The molecule has 0 aliphatic carbocycles. The highest BCUT2D eigenvalue weighted by Crippen LogP contribution is 2.32. The van der Waals surface area contributed by atoms with Crippen molar-refractivity contribution in [2.75, 3.05) is 5.32 Å². The number of amides is 1. The van der Waals surface area contributed by atoms with E-state index in [1.807, 2.05) is 78.9 Å². The number of hydrogen-bond acceptors (Lipinski definition) is 3. The summed E-state index contributed by atoms with van der Waals surface area (Å²) in [4.78, 5) is 17.2. The number of nitrogens with zero attached hydrogens (tertiary/aromatic N) is 1. The number of carbonyl (C=O) groups excluding carboxylic acids is 1. The number of anilines is 1. The van der Waals surface area contributed by atoms with Crippen LogP contribution in [0.2, 0.25) is 0 Å². The maximum atomic E-state index is 12.5. The maximum Gasteiger partial charge on any atom is 0.258 e. The number of oxazole rings is 1.